The van der Waals surface area contributed by atoms with Crippen molar-refractivity contribution in [1.29, 1.82) is 0 Å². The third kappa shape index (κ3) is 3.62. The van der Waals surface area contributed by atoms with Crippen LogP contribution in [0, 0.1) is 5.92 Å². The van der Waals surface area contributed by atoms with Crippen molar-refractivity contribution in [3.8, 4) is 0 Å². The normalized spacial score (nSPS) is 22.9. The monoisotopic (exact) mass is 276 g/mol. The van der Waals surface area contributed by atoms with E-state index < -0.39 is 0 Å². The van der Waals surface area contributed by atoms with Crippen molar-refractivity contribution in [2.24, 2.45) is 5.92 Å². The summed E-state index contributed by atoms with van der Waals surface area (Å²) in [6.45, 7) is 9.74. The lowest BCUT2D eigenvalue weighted by atomic mass is 9.87. The van der Waals surface area contributed by atoms with Crippen LogP contribution in [0.15, 0.2) is 6.33 Å². The smallest absolute Gasteiger partial charge is 0.135 e. The van der Waals surface area contributed by atoms with Crippen LogP contribution in [0.3, 0.4) is 0 Å². The summed E-state index contributed by atoms with van der Waals surface area (Å²) in [7, 11) is 0. The second-order valence-corrected chi connectivity index (χ2v) is 6.27. The van der Waals surface area contributed by atoms with Crippen LogP contribution in [0.1, 0.15) is 64.9 Å². The number of nitrogens with one attached hydrogen (secondary N) is 2. The van der Waals surface area contributed by atoms with Gasteiger partial charge in [-0.2, -0.15) is 0 Å². The Hall–Kier alpha value is -1.32. The molecular formula is C16H28N4. The molecule has 1 aliphatic rings. The Kier molecular flexibility index (Phi) is 5.21. The molecule has 0 atom stereocenters. The number of anilines is 2. The van der Waals surface area contributed by atoms with Crippen LogP contribution in [0.2, 0.25) is 0 Å². The first-order chi connectivity index (χ1) is 9.61. The fourth-order valence-corrected chi connectivity index (χ4v) is 2.96. The molecule has 0 bridgehead atoms. The van der Waals surface area contributed by atoms with Crippen LogP contribution in [-0.4, -0.2) is 22.6 Å². The van der Waals surface area contributed by atoms with Crippen LogP contribution in [0.4, 0.5) is 11.6 Å². The van der Waals surface area contributed by atoms with Crippen molar-refractivity contribution in [3.05, 3.63) is 11.9 Å². The summed E-state index contributed by atoms with van der Waals surface area (Å²) < 4.78 is 0. The molecule has 0 aliphatic heterocycles. The van der Waals surface area contributed by atoms with Crippen molar-refractivity contribution < 1.29 is 0 Å². The van der Waals surface area contributed by atoms with Gasteiger partial charge in [0.25, 0.3) is 0 Å². The van der Waals surface area contributed by atoms with Crippen molar-refractivity contribution in [1.82, 2.24) is 9.97 Å². The molecule has 4 nitrogen and oxygen atoms in total. The molecule has 1 aromatic heterocycles. The Balaban J connectivity index is 2.16. The number of hydrogen-bond acceptors (Lipinski definition) is 4. The molecule has 0 saturated heterocycles. The largest absolute Gasteiger partial charge is 0.370 e. The molecule has 0 unspecified atom stereocenters. The van der Waals surface area contributed by atoms with E-state index in [1.165, 1.54) is 31.2 Å². The van der Waals surface area contributed by atoms with E-state index in [2.05, 4.69) is 48.3 Å². The zero-order valence-electron chi connectivity index (χ0n) is 13.2. The molecule has 1 saturated carbocycles. The molecular weight excluding hydrogens is 248 g/mol. The topological polar surface area (TPSA) is 49.8 Å². The summed E-state index contributed by atoms with van der Waals surface area (Å²) in [4.78, 5) is 8.89. The van der Waals surface area contributed by atoms with E-state index >= 15 is 0 Å². The van der Waals surface area contributed by atoms with E-state index in [1.54, 1.807) is 6.33 Å². The number of hydrogen-bond donors (Lipinski definition) is 2. The van der Waals surface area contributed by atoms with Gasteiger partial charge in [-0.3, -0.25) is 0 Å². The Morgan fingerprint density at radius 3 is 2.40 bits per heavy atom. The summed E-state index contributed by atoms with van der Waals surface area (Å²) in [5.74, 6) is 3.28. The lowest BCUT2D eigenvalue weighted by Gasteiger charge is -2.28. The minimum Gasteiger partial charge on any atom is -0.370 e. The highest BCUT2D eigenvalue weighted by Gasteiger charge is 2.21. The maximum absolute atomic E-state index is 4.49. The number of nitrogens with zero attached hydrogens (tertiary/aromatic N) is 2. The van der Waals surface area contributed by atoms with Gasteiger partial charge in [-0.05, 0) is 44.4 Å². The molecule has 1 fully saturated rings. The molecule has 1 aliphatic carbocycles. The molecule has 1 heterocycles. The highest BCUT2D eigenvalue weighted by atomic mass is 15.1. The summed E-state index contributed by atoms with van der Waals surface area (Å²) in [6, 6.07) is 0.563. The van der Waals surface area contributed by atoms with Gasteiger partial charge in [0.15, 0.2) is 0 Å². The Labute approximate surface area is 122 Å². The molecule has 1 aromatic rings. The molecule has 20 heavy (non-hydrogen) atoms. The highest BCUT2D eigenvalue weighted by Crippen LogP contribution is 2.31. The zero-order chi connectivity index (χ0) is 14.5. The lowest BCUT2D eigenvalue weighted by Crippen LogP contribution is -2.26. The van der Waals surface area contributed by atoms with Crippen LogP contribution in [0.5, 0.6) is 0 Å². The molecule has 0 aromatic carbocycles. The fourth-order valence-electron chi connectivity index (χ4n) is 2.96. The maximum atomic E-state index is 4.49. The van der Waals surface area contributed by atoms with Gasteiger partial charge < -0.3 is 10.6 Å². The quantitative estimate of drug-likeness (QED) is 0.852. The van der Waals surface area contributed by atoms with Crippen LogP contribution >= 0.6 is 0 Å². The average Bonchev–Trinajstić information content (AvgIpc) is 2.41. The highest BCUT2D eigenvalue weighted by molar-refractivity contribution is 5.59. The van der Waals surface area contributed by atoms with E-state index in [4.69, 9.17) is 0 Å². The number of aromatic nitrogens is 2. The first kappa shape index (κ1) is 15.1. The number of rotatable bonds is 5. The first-order valence-corrected chi connectivity index (χ1v) is 7.97. The average molecular weight is 276 g/mol. The molecule has 0 amide bonds. The van der Waals surface area contributed by atoms with Crippen LogP contribution in [-0.2, 0) is 0 Å². The predicted molar refractivity (Wildman–Crippen MR) is 85.3 cm³/mol. The minimum atomic E-state index is 0.412. The molecule has 2 rings (SSSR count). The van der Waals surface area contributed by atoms with Crippen LogP contribution in [0.25, 0.3) is 0 Å². The van der Waals surface area contributed by atoms with Gasteiger partial charge in [-0.15, -0.1) is 0 Å². The zero-order valence-corrected chi connectivity index (χ0v) is 13.2. The van der Waals surface area contributed by atoms with Gasteiger partial charge in [0.05, 0.1) is 0 Å². The second kappa shape index (κ2) is 6.91. The molecule has 0 radical (unpaired) electrons. The van der Waals surface area contributed by atoms with Gasteiger partial charge >= 0.3 is 0 Å². The summed E-state index contributed by atoms with van der Waals surface area (Å²) in [5, 5.41) is 7.01. The van der Waals surface area contributed by atoms with Gasteiger partial charge in [0, 0.05) is 18.2 Å². The summed E-state index contributed by atoms with van der Waals surface area (Å²) in [6.07, 6.45) is 6.80. The van der Waals surface area contributed by atoms with E-state index in [0.717, 1.165) is 24.1 Å². The minimum absolute atomic E-state index is 0.412. The van der Waals surface area contributed by atoms with Crippen LogP contribution < -0.4 is 10.6 Å². The van der Waals surface area contributed by atoms with E-state index in [0.29, 0.717) is 12.0 Å². The van der Waals surface area contributed by atoms with Crippen molar-refractivity contribution in [2.75, 3.05) is 17.2 Å². The molecule has 4 heteroatoms. The fraction of sp³-hybridized carbons (Fsp3) is 0.750. The summed E-state index contributed by atoms with van der Waals surface area (Å²) in [5.41, 5.74) is 1.22. The third-order valence-corrected chi connectivity index (χ3v) is 4.16. The Morgan fingerprint density at radius 1 is 1.15 bits per heavy atom. The molecule has 112 valence electrons. The van der Waals surface area contributed by atoms with Gasteiger partial charge in [0.2, 0.25) is 0 Å². The van der Waals surface area contributed by atoms with Crippen molar-refractivity contribution >= 4 is 11.6 Å². The van der Waals surface area contributed by atoms with Gasteiger partial charge in [-0.1, -0.05) is 20.8 Å². The van der Waals surface area contributed by atoms with Crippen molar-refractivity contribution in [3.63, 3.8) is 0 Å². The standard InChI is InChI=1S/C16H28N4/c1-5-17-15-14(11(2)3)16(19-10-18-15)20-13-8-6-12(4)7-9-13/h10-13H,5-9H2,1-4H3,(H2,17,18,19,20). The SMILES string of the molecule is CCNc1ncnc(NC2CCC(C)CC2)c1C(C)C. The first-order valence-electron chi connectivity index (χ1n) is 7.97. The molecule has 2 N–H and O–H groups in total. The maximum Gasteiger partial charge on any atom is 0.135 e. The van der Waals surface area contributed by atoms with Gasteiger partial charge in [0.1, 0.15) is 18.0 Å². The van der Waals surface area contributed by atoms with E-state index in [9.17, 15) is 0 Å². The lowest BCUT2D eigenvalue weighted by molar-refractivity contribution is 0.360. The second-order valence-electron chi connectivity index (χ2n) is 6.27. The van der Waals surface area contributed by atoms with Crippen molar-refractivity contribution in [2.45, 2.75) is 65.3 Å². The van der Waals surface area contributed by atoms with E-state index in [-0.39, 0.29) is 0 Å². The third-order valence-electron chi connectivity index (χ3n) is 4.16. The Morgan fingerprint density at radius 2 is 1.80 bits per heavy atom. The predicted octanol–water partition coefficient (Wildman–Crippen LogP) is 4.02. The molecule has 0 spiro atoms. The van der Waals surface area contributed by atoms with Gasteiger partial charge in [-0.25, -0.2) is 9.97 Å². The summed E-state index contributed by atoms with van der Waals surface area (Å²) >= 11 is 0. The van der Waals surface area contributed by atoms with E-state index in [1.807, 2.05) is 0 Å². The Bertz CT molecular complexity index is 422.